The number of benzene rings is 1. The molecule has 0 saturated heterocycles. The van der Waals surface area contributed by atoms with Gasteiger partial charge in [-0.2, -0.15) is 0 Å². The van der Waals surface area contributed by atoms with Crippen LogP contribution < -0.4 is 21.3 Å². The average Bonchev–Trinajstić information content (AvgIpc) is 3.39. The lowest BCUT2D eigenvalue weighted by molar-refractivity contribution is -0.757. The Hall–Kier alpha value is -4.20. The molecule has 0 aliphatic rings. The van der Waals surface area contributed by atoms with E-state index in [1.807, 2.05) is 39.8 Å². The number of nitrogens with one attached hydrogen (secondary N) is 4. The maximum atomic E-state index is 13.9. The summed E-state index contributed by atoms with van der Waals surface area (Å²) in [4.78, 5) is 67.8. The second-order valence-electron chi connectivity index (χ2n) is 12.8. The van der Waals surface area contributed by atoms with E-state index >= 15 is 0 Å². The first-order valence-corrected chi connectivity index (χ1v) is 16.3. The lowest BCUT2D eigenvalue weighted by atomic mass is 9.87. The molecule has 0 saturated carbocycles. The van der Waals surface area contributed by atoms with Crippen molar-refractivity contribution in [1.29, 1.82) is 0 Å². The van der Waals surface area contributed by atoms with Crippen LogP contribution in [0.15, 0.2) is 30.5 Å². The Bertz CT molecular complexity index is 1340. The lowest BCUT2D eigenvalue weighted by Gasteiger charge is -2.28. The highest BCUT2D eigenvalue weighted by molar-refractivity contribution is 5.95. The zero-order valence-electron chi connectivity index (χ0n) is 28.6. The monoisotopic (exact) mass is 660 g/mol. The van der Waals surface area contributed by atoms with Crippen molar-refractivity contribution in [1.82, 2.24) is 25.8 Å². The smallest absolute Gasteiger partial charge is 0.418 e. The molecule has 47 heavy (non-hydrogen) atoms. The predicted octanol–water partition coefficient (Wildman–Crippen LogP) is 3.87. The number of likely N-dealkylation sites (N-methyl/N-ethyl adjacent to an activating group) is 1. The Morgan fingerprint density at radius 2 is 1.60 bits per heavy atom. The quantitative estimate of drug-likeness (QED) is 0.0931. The van der Waals surface area contributed by atoms with Crippen LogP contribution in [0.5, 0.6) is 0 Å². The maximum Gasteiger partial charge on any atom is 0.418 e. The maximum absolute atomic E-state index is 13.9. The fourth-order valence-electron chi connectivity index (χ4n) is 5.31. The first-order valence-electron chi connectivity index (χ1n) is 16.3. The molecule has 1 aromatic heterocycles. The van der Waals surface area contributed by atoms with Crippen LogP contribution in [0.4, 0.5) is 4.79 Å². The Balaban J connectivity index is 2.25. The summed E-state index contributed by atoms with van der Waals surface area (Å²) in [7, 11) is 2.98. The summed E-state index contributed by atoms with van der Waals surface area (Å²) < 4.78 is 6.31. The van der Waals surface area contributed by atoms with E-state index in [-0.39, 0.29) is 30.3 Å². The van der Waals surface area contributed by atoms with Crippen LogP contribution in [-0.2, 0) is 30.4 Å². The van der Waals surface area contributed by atoms with Crippen molar-refractivity contribution in [3.63, 3.8) is 0 Å². The largest absolute Gasteiger partial charge is 0.452 e. The van der Waals surface area contributed by atoms with E-state index in [1.165, 1.54) is 11.7 Å². The van der Waals surface area contributed by atoms with Crippen molar-refractivity contribution >= 4 is 34.7 Å². The molecule has 2 aromatic rings. The molecule has 0 bridgehead atoms. The molecule has 0 fully saturated rings. The molecule has 0 aliphatic heterocycles. The second-order valence-corrected chi connectivity index (χ2v) is 12.8. The van der Waals surface area contributed by atoms with Gasteiger partial charge in [-0.05, 0) is 49.8 Å². The summed E-state index contributed by atoms with van der Waals surface area (Å²) in [6.07, 6.45) is 6.22. The molecule has 3 atom stereocenters. The highest BCUT2D eigenvalue weighted by Gasteiger charge is 2.31. The molecule has 4 N–H and O–H groups in total. The Kier molecular flexibility index (Phi) is 16.1. The summed E-state index contributed by atoms with van der Waals surface area (Å²) in [5, 5.41) is 21.9. The predicted molar refractivity (Wildman–Crippen MR) is 178 cm³/mol. The van der Waals surface area contributed by atoms with Gasteiger partial charge in [0.15, 0.2) is 0 Å². The van der Waals surface area contributed by atoms with E-state index in [1.54, 1.807) is 25.4 Å². The zero-order valence-corrected chi connectivity index (χ0v) is 28.6. The molecule has 0 radical (unpaired) electrons. The molecule has 262 valence electrons. The number of nitrogens with zero attached hydrogens (tertiary/aromatic N) is 2. The zero-order chi connectivity index (χ0) is 35.0. The third kappa shape index (κ3) is 13.2. The number of carbonyl (C=O) groups is 4. The van der Waals surface area contributed by atoms with Crippen LogP contribution in [0, 0.1) is 15.5 Å². The van der Waals surface area contributed by atoms with Gasteiger partial charge in [-0.1, -0.05) is 71.6 Å². The molecule has 14 nitrogen and oxygen atoms in total. The van der Waals surface area contributed by atoms with Crippen LogP contribution in [0.2, 0.25) is 0 Å². The molecule has 2 rings (SSSR count). The van der Waals surface area contributed by atoms with Crippen LogP contribution in [0.1, 0.15) is 84.6 Å². The van der Waals surface area contributed by atoms with Gasteiger partial charge in [0.05, 0.1) is 25.3 Å². The van der Waals surface area contributed by atoms with Gasteiger partial charge in [0.2, 0.25) is 17.7 Å². The normalized spacial score (nSPS) is 13.3. The van der Waals surface area contributed by atoms with Gasteiger partial charge in [-0.15, -0.1) is 10.1 Å². The van der Waals surface area contributed by atoms with Gasteiger partial charge < -0.3 is 30.8 Å². The summed E-state index contributed by atoms with van der Waals surface area (Å²) in [5.41, 5.74) is 1.09. The number of unbranched alkanes of at least 4 members (excludes halogenated alkanes) is 4. The van der Waals surface area contributed by atoms with Gasteiger partial charge in [0.25, 0.3) is 5.09 Å². The number of ether oxygens (including phenoxy) is 1. The highest BCUT2D eigenvalue weighted by atomic mass is 16.9. The number of carbonyl (C=O) groups excluding carboxylic acids is 4. The second kappa shape index (κ2) is 19.5. The van der Waals surface area contributed by atoms with Crippen molar-refractivity contribution in [3.05, 3.63) is 46.1 Å². The van der Waals surface area contributed by atoms with E-state index in [2.05, 4.69) is 26.1 Å². The Labute approximate surface area is 276 Å². The molecule has 0 aliphatic carbocycles. The minimum absolute atomic E-state index is 0.0384. The number of methoxy groups -OCH3 is 1. The third-order valence-electron chi connectivity index (χ3n) is 7.75. The van der Waals surface area contributed by atoms with E-state index < -0.39 is 35.2 Å². The molecule has 3 unspecified atom stereocenters. The van der Waals surface area contributed by atoms with Crippen molar-refractivity contribution in [2.75, 3.05) is 27.3 Å². The summed E-state index contributed by atoms with van der Waals surface area (Å²) >= 11 is 0. The van der Waals surface area contributed by atoms with E-state index in [4.69, 9.17) is 4.74 Å². The highest BCUT2D eigenvalue weighted by Crippen LogP contribution is 2.24. The number of fused-ring (bicyclic) bond motifs is 1. The van der Waals surface area contributed by atoms with Crippen LogP contribution in [0.3, 0.4) is 0 Å². The van der Waals surface area contributed by atoms with Gasteiger partial charge in [0, 0.05) is 24.5 Å². The molecular weight excluding hydrogens is 608 g/mol. The molecule has 14 heteroatoms. The number of rotatable bonds is 20. The molecule has 1 heterocycles. The van der Waals surface area contributed by atoms with Crippen molar-refractivity contribution < 1.29 is 33.8 Å². The van der Waals surface area contributed by atoms with Gasteiger partial charge >= 0.3 is 6.09 Å². The van der Waals surface area contributed by atoms with Gasteiger partial charge in [-0.25, -0.2) is 4.79 Å². The molecule has 0 spiro atoms. The summed E-state index contributed by atoms with van der Waals surface area (Å²) in [5.74, 6) is -1.19. The van der Waals surface area contributed by atoms with E-state index in [0.717, 1.165) is 24.6 Å². The summed E-state index contributed by atoms with van der Waals surface area (Å²) in [6, 6.07) is 4.80. The van der Waals surface area contributed by atoms with Crippen molar-refractivity contribution in [2.24, 2.45) is 5.41 Å². The Morgan fingerprint density at radius 3 is 2.23 bits per heavy atom. The minimum atomic E-state index is -1.05. The van der Waals surface area contributed by atoms with E-state index in [9.17, 15) is 29.3 Å². The number of hydrogen-bond donors (Lipinski definition) is 4. The topological polar surface area (TPSA) is 183 Å². The fourth-order valence-corrected chi connectivity index (χ4v) is 5.31. The van der Waals surface area contributed by atoms with Crippen LogP contribution >= 0.6 is 0 Å². The van der Waals surface area contributed by atoms with Crippen LogP contribution in [0.25, 0.3) is 10.9 Å². The Morgan fingerprint density at radius 1 is 0.936 bits per heavy atom. The molecule has 3 amide bonds. The number of aromatic nitrogens is 1. The molecule has 1 aromatic carbocycles. The lowest BCUT2D eigenvalue weighted by Crippen LogP contribution is -2.57. The first kappa shape index (κ1) is 39.0. The average molecular weight is 661 g/mol. The standard InChI is InChI=1S/C33H52N6O8/c1-7-8-16-25(29(40)35-18-13-9-10-14-19-47-39(44)45)36-30(41)26(37-31(42)27(34-5)21-33(2,3)4)20-23-22-38(32(43)46-6)28-17-12-11-15-24(23)28/h11-12,15,17,22,25-27,34H,7-10,13-14,16,18-21H2,1-6H3,(H,35,40)(H,36,41)(H,37,42). The van der Waals surface area contributed by atoms with Crippen molar-refractivity contribution in [3.8, 4) is 0 Å². The first-order chi connectivity index (χ1) is 22.3. The van der Waals surface area contributed by atoms with Crippen molar-refractivity contribution in [2.45, 2.75) is 104 Å². The SMILES string of the molecule is CCCCC(NC(=O)C(Cc1cn(C(=O)OC)c2ccccc12)NC(=O)C(CC(C)(C)C)NC)C(=O)NCCCCCCO[N+](=O)[O-]. The number of hydrogen-bond acceptors (Lipinski definition) is 9. The number of para-hydroxylation sites is 1. The molecular formula is C33H52N6O8. The van der Waals surface area contributed by atoms with Crippen LogP contribution in [-0.4, -0.2) is 78.9 Å². The van der Waals surface area contributed by atoms with Gasteiger partial charge in [0.1, 0.15) is 12.1 Å². The fraction of sp³-hybridized carbons (Fsp3) is 0.636. The van der Waals surface area contributed by atoms with Gasteiger partial charge in [-0.3, -0.25) is 19.0 Å². The number of amides is 3. The minimum Gasteiger partial charge on any atom is -0.452 e. The summed E-state index contributed by atoms with van der Waals surface area (Å²) in [6.45, 7) is 8.50. The van der Waals surface area contributed by atoms with E-state index in [0.29, 0.717) is 49.7 Å². The third-order valence-corrected chi connectivity index (χ3v) is 7.75.